The highest BCUT2D eigenvalue weighted by Gasteiger charge is 2.18. The van der Waals surface area contributed by atoms with Gasteiger partial charge in [-0.3, -0.25) is 9.80 Å². The van der Waals surface area contributed by atoms with Crippen LogP contribution in [-0.2, 0) is 9.53 Å². The third-order valence-electron chi connectivity index (χ3n) is 2.92. The molecule has 4 nitrogen and oxygen atoms in total. The van der Waals surface area contributed by atoms with Gasteiger partial charge in [0.2, 0.25) is 0 Å². The molecule has 0 amide bonds. The number of esters is 1. The van der Waals surface area contributed by atoms with Crippen LogP contribution >= 0.6 is 0 Å². The van der Waals surface area contributed by atoms with E-state index in [1.54, 1.807) is 0 Å². The van der Waals surface area contributed by atoms with Gasteiger partial charge in [0.15, 0.2) is 0 Å². The SMILES string of the molecule is C=CC(=O)OC(C)CCN1CCN(CC)C1. The molecule has 0 aromatic heterocycles. The largest absolute Gasteiger partial charge is 0.459 e. The third-order valence-corrected chi connectivity index (χ3v) is 2.92. The Morgan fingerprint density at radius 3 is 2.75 bits per heavy atom. The fourth-order valence-electron chi connectivity index (χ4n) is 1.82. The van der Waals surface area contributed by atoms with Crippen molar-refractivity contribution in [2.75, 3.05) is 32.8 Å². The molecule has 0 saturated carbocycles. The van der Waals surface area contributed by atoms with Crippen LogP contribution in [0.5, 0.6) is 0 Å². The second-order valence-corrected chi connectivity index (χ2v) is 4.21. The summed E-state index contributed by atoms with van der Waals surface area (Å²) >= 11 is 0. The average molecular weight is 226 g/mol. The molecule has 0 radical (unpaired) electrons. The first-order valence-corrected chi connectivity index (χ1v) is 5.93. The van der Waals surface area contributed by atoms with E-state index in [0.717, 1.165) is 39.3 Å². The number of hydrogen-bond acceptors (Lipinski definition) is 4. The van der Waals surface area contributed by atoms with E-state index in [-0.39, 0.29) is 12.1 Å². The van der Waals surface area contributed by atoms with Gasteiger partial charge in [-0.1, -0.05) is 13.5 Å². The summed E-state index contributed by atoms with van der Waals surface area (Å²) in [5.41, 5.74) is 0. The van der Waals surface area contributed by atoms with Crippen LogP contribution in [0.4, 0.5) is 0 Å². The molecular formula is C12H22N2O2. The molecule has 1 heterocycles. The molecule has 1 saturated heterocycles. The van der Waals surface area contributed by atoms with Gasteiger partial charge >= 0.3 is 5.97 Å². The molecule has 16 heavy (non-hydrogen) atoms. The van der Waals surface area contributed by atoms with Crippen molar-refractivity contribution in [2.45, 2.75) is 26.4 Å². The first-order chi connectivity index (χ1) is 7.65. The van der Waals surface area contributed by atoms with E-state index in [4.69, 9.17) is 4.74 Å². The van der Waals surface area contributed by atoms with Gasteiger partial charge in [-0.2, -0.15) is 0 Å². The second kappa shape index (κ2) is 6.66. The van der Waals surface area contributed by atoms with Crippen molar-refractivity contribution < 1.29 is 9.53 Å². The van der Waals surface area contributed by atoms with E-state index in [2.05, 4.69) is 23.3 Å². The van der Waals surface area contributed by atoms with Crippen molar-refractivity contribution in [1.82, 2.24) is 9.80 Å². The zero-order valence-corrected chi connectivity index (χ0v) is 10.3. The van der Waals surface area contributed by atoms with Crippen LogP contribution in [0.25, 0.3) is 0 Å². The molecule has 0 aliphatic carbocycles. The van der Waals surface area contributed by atoms with Crippen LogP contribution in [0.3, 0.4) is 0 Å². The molecule has 0 aromatic rings. The minimum atomic E-state index is -0.330. The first-order valence-electron chi connectivity index (χ1n) is 5.93. The summed E-state index contributed by atoms with van der Waals surface area (Å²) in [4.78, 5) is 15.7. The molecule has 1 atom stereocenters. The van der Waals surface area contributed by atoms with Crippen LogP contribution in [0, 0.1) is 0 Å². The van der Waals surface area contributed by atoms with E-state index in [0.29, 0.717) is 0 Å². The second-order valence-electron chi connectivity index (χ2n) is 4.21. The highest BCUT2D eigenvalue weighted by Crippen LogP contribution is 2.07. The van der Waals surface area contributed by atoms with Crippen molar-refractivity contribution in [2.24, 2.45) is 0 Å². The summed E-state index contributed by atoms with van der Waals surface area (Å²) in [7, 11) is 0. The number of likely N-dealkylation sites (N-methyl/N-ethyl adjacent to an activating group) is 1. The first kappa shape index (κ1) is 13.2. The van der Waals surface area contributed by atoms with Gasteiger partial charge < -0.3 is 4.74 Å². The third kappa shape index (κ3) is 4.33. The normalized spacial score (nSPS) is 19.6. The Hall–Kier alpha value is -0.870. The van der Waals surface area contributed by atoms with Crippen LogP contribution in [0.2, 0.25) is 0 Å². The smallest absolute Gasteiger partial charge is 0.330 e. The molecule has 1 unspecified atom stereocenters. The number of rotatable bonds is 6. The maximum Gasteiger partial charge on any atom is 0.330 e. The zero-order valence-electron chi connectivity index (χ0n) is 10.3. The summed E-state index contributed by atoms with van der Waals surface area (Å²) < 4.78 is 5.12. The lowest BCUT2D eigenvalue weighted by Gasteiger charge is -2.19. The highest BCUT2D eigenvalue weighted by molar-refractivity contribution is 5.81. The Bertz CT molecular complexity index is 243. The van der Waals surface area contributed by atoms with E-state index >= 15 is 0 Å². The predicted molar refractivity (Wildman–Crippen MR) is 64.1 cm³/mol. The summed E-state index contributed by atoms with van der Waals surface area (Å²) in [6, 6.07) is 0. The number of nitrogens with zero attached hydrogens (tertiary/aromatic N) is 2. The molecule has 1 rings (SSSR count). The zero-order chi connectivity index (χ0) is 12.0. The van der Waals surface area contributed by atoms with Crippen LogP contribution in [0.1, 0.15) is 20.3 Å². The van der Waals surface area contributed by atoms with Gasteiger partial charge in [0.1, 0.15) is 6.10 Å². The van der Waals surface area contributed by atoms with Crippen molar-refractivity contribution in [3.63, 3.8) is 0 Å². The molecule has 4 heteroatoms. The quantitative estimate of drug-likeness (QED) is 0.501. The van der Waals surface area contributed by atoms with E-state index in [1.165, 1.54) is 6.08 Å². The Kier molecular flexibility index (Phi) is 5.49. The van der Waals surface area contributed by atoms with Gasteiger partial charge in [0.05, 0.1) is 6.67 Å². The summed E-state index contributed by atoms with van der Waals surface area (Å²) in [6.45, 7) is 12.9. The van der Waals surface area contributed by atoms with Gasteiger partial charge in [0.25, 0.3) is 0 Å². The maximum atomic E-state index is 11.0. The molecule has 0 spiro atoms. The minimum absolute atomic E-state index is 0.0267. The van der Waals surface area contributed by atoms with Crippen molar-refractivity contribution >= 4 is 5.97 Å². The molecule has 1 aliphatic rings. The lowest BCUT2D eigenvalue weighted by atomic mass is 10.2. The van der Waals surface area contributed by atoms with Crippen molar-refractivity contribution in [1.29, 1.82) is 0 Å². The number of carbonyl (C=O) groups is 1. The molecule has 0 bridgehead atoms. The summed E-state index contributed by atoms with van der Waals surface area (Å²) in [5, 5.41) is 0. The average Bonchev–Trinajstić information content (AvgIpc) is 2.74. The van der Waals surface area contributed by atoms with Gasteiger partial charge in [0, 0.05) is 25.7 Å². The maximum absolute atomic E-state index is 11.0. The van der Waals surface area contributed by atoms with Crippen molar-refractivity contribution in [3.8, 4) is 0 Å². The molecule has 1 fully saturated rings. The van der Waals surface area contributed by atoms with Gasteiger partial charge in [-0.15, -0.1) is 0 Å². The Balaban J connectivity index is 2.15. The Labute approximate surface area is 97.9 Å². The van der Waals surface area contributed by atoms with E-state index in [1.807, 2.05) is 6.92 Å². The van der Waals surface area contributed by atoms with Gasteiger partial charge in [-0.05, 0) is 19.9 Å². The molecule has 0 aromatic carbocycles. The lowest BCUT2D eigenvalue weighted by Crippen LogP contribution is -2.28. The summed E-state index contributed by atoms with van der Waals surface area (Å²) in [5.74, 6) is -0.330. The van der Waals surface area contributed by atoms with Crippen LogP contribution < -0.4 is 0 Å². The fourth-order valence-corrected chi connectivity index (χ4v) is 1.82. The minimum Gasteiger partial charge on any atom is -0.459 e. The molecule has 92 valence electrons. The van der Waals surface area contributed by atoms with Crippen LogP contribution in [0.15, 0.2) is 12.7 Å². The molecule has 0 N–H and O–H groups in total. The highest BCUT2D eigenvalue weighted by atomic mass is 16.5. The topological polar surface area (TPSA) is 32.8 Å². The summed E-state index contributed by atoms with van der Waals surface area (Å²) in [6.07, 6.45) is 2.07. The van der Waals surface area contributed by atoms with E-state index < -0.39 is 0 Å². The monoisotopic (exact) mass is 226 g/mol. The standard InChI is InChI=1S/C12H22N2O2/c1-4-12(15)16-11(3)6-7-14-9-8-13(5-2)10-14/h4,11H,1,5-10H2,2-3H3. The van der Waals surface area contributed by atoms with Crippen LogP contribution in [-0.4, -0.2) is 54.7 Å². The number of ether oxygens (including phenoxy) is 1. The van der Waals surface area contributed by atoms with E-state index in [9.17, 15) is 4.79 Å². The predicted octanol–water partition coefficient (Wildman–Crippen LogP) is 1.09. The molecule has 1 aliphatic heterocycles. The number of carbonyl (C=O) groups excluding carboxylic acids is 1. The van der Waals surface area contributed by atoms with Gasteiger partial charge in [-0.25, -0.2) is 4.79 Å². The van der Waals surface area contributed by atoms with Crippen molar-refractivity contribution in [3.05, 3.63) is 12.7 Å². The number of hydrogen-bond donors (Lipinski definition) is 0. The lowest BCUT2D eigenvalue weighted by molar-refractivity contribution is -0.142. The Morgan fingerprint density at radius 1 is 1.50 bits per heavy atom. The Morgan fingerprint density at radius 2 is 2.19 bits per heavy atom. The molecular weight excluding hydrogens is 204 g/mol. The fraction of sp³-hybridized carbons (Fsp3) is 0.750.